The predicted octanol–water partition coefficient (Wildman–Crippen LogP) is 5.08. The van der Waals surface area contributed by atoms with Crippen molar-refractivity contribution in [1.29, 1.82) is 0 Å². The van der Waals surface area contributed by atoms with Crippen LogP contribution in [0.15, 0.2) is 72.8 Å². The lowest BCUT2D eigenvalue weighted by molar-refractivity contribution is -0.250. The van der Waals surface area contributed by atoms with Crippen LogP contribution in [0.5, 0.6) is 0 Å². The lowest BCUT2D eigenvalue weighted by Gasteiger charge is -2.56. The third-order valence-electron chi connectivity index (χ3n) is 5.14. The molecule has 2 aliphatic rings. The van der Waals surface area contributed by atoms with Gasteiger partial charge in [0.1, 0.15) is 5.60 Å². The summed E-state index contributed by atoms with van der Waals surface area (Å²) in [7, 11) is 0. The molecule has 1 heterocycles. The van der Waals surface area contributed by atoms with Crippen LogP contribution in [0.4, 0.5) is 0 Å². The zero-order chi connectivity index (χ0) is 14.8. The summed E-state index contributed by atoms with van der Waals surface area (Å²) in [6.07, 6.45) is 9.69. The van der Waals surface area contributed by atoms with Crippen molar-refractivity contribution >= 4 is 0 Å². The van der Waals surface area contributed by atoms with Crippen molar-refractivity contribution in [3.63, 3.8) is 0 Å². The van der Waals surface area contributed by atoms with Gasteiger partial charge in [-0.3, -0.25) is 0 Å². The smallest absolute Gasteiger partial charge is 0.124 e. The van der Waals surface area contributed by atoms with E-state index in [4.69, 9.17) is 4.74 Å². The molecule has 1 aliphatic heterocycles. The summed E-state index contributed by atoms with van der Waals surface area (Å²) in [6, 6.07) is 21.5. The Kier molecular flexibility index (Phi) is 3.59. The van der Waals surface area contributed by atoms with Crippen molar-refractivity contribution < 1.29 is 4.74 Å². The third-order valence-corrected chi connectivity index (χ3v) is 5.14. The molecule has 1 fully saturated rings. The Labute approximate surface area is 132 Å². The van der Waals surface area contributed by atoms with Gasteiger partial charge in [0, 0.05) is 5.92 Å². The quantitative estimate of drug-likeness (QED) is 0.701. The van der Waals surface area contributed by atoms with Gasteiger partial charge < -0.3 is 4.74 Å². The number of hydrogen-bond acceptors (Lipinski definition) is 1. The molecule has 2 atom stereocenters. The van der Waals surface area contributed by atoms with E-state index in [1.54, 1.807) is 0 Å². The van der Waals surface area contributed by atoms with Gasteiger partial charge in [0.2, 0.25) is 0 Å². The van der Waals surface area contributed by atoms with Crippen LogP contribution in [-0.4, -0.2) is 6.10 Å². The molecule has 0 amide bonds. The molecule has 1 nitrogen and oxygen atoms in total. The van der Waals surface area contributed by atoms with Gasteiger partial charge in [-0.25, -0.2) is 0 Å². The van der Waals surface area contributed by atoms with E-state index < -0.39 is 0 Å². The van der Waals surface area contributed by atoms with E-state index in [0.29, 0.717) is 12.0 Å². The molecule has 0 saturated carbocycles. The standard InChI is InChI=1S/C21H22O/c1-2-10-16-20-19(15-9-1)21(22-20,17-11-5-3-6-12-17)18-13-7-4-8-14-18/h1-8,11-14,19-20H,9-10,15-16H2. The summed E-state index contributed by atoms with van der Waals surface area (Å²) >= 11 is 0. The zero-order valence-corrected chi connectivity index (χ0v) is 12.8. The SMILES string of the molecule is C1=CCCC2C(CC1)OC2(c1ccccc1)c1ccccc1. The van der Waals surface area contributed by atoms with Crippen molar-refractivity contribution in [2.45, 2.75) is 37.4 Å². The molecule has 0 spiro atoms. The minimum absolute atomic E-state index is 0.252. The zero-order valence-electron chi connectivity index (χ0n) is 12.8. The minimum Gasteiger partial charge on any atom is -0.361 e. The molecule has 1 aliphatic carbocycles. The van der Waals surface area contributed by atoms with Crippen molar-refractivity contribution in [1.82, 2.24) is 0 Å². The lowest BCUT2D eigenvalue weighted by atomic mass is 9.65. The molecule has 1 saturated heterocycles. The van der Waals surface area contributed by atoms with Crippen molar-refractivity contribution in [2.75, 3.05) is 0 Å². The first-order chi connectivity index (χ1) is 10.9. The van der Waals surface area contributed by atoms with E-state index in [0.717, 1.165) is 19.3 Å². The van der Waals surface area contributed by atoms with Crippen LogP contribution in [0.2, 0.25) is 0 Å². The molecule has 22 heavy (non-hydrogen) atoms. The average Bonchev–Trinajstić information content (AvgIpc) is 2.56. The number of fused-ring (bicyclic) bond motifs is 1. The second-order valence-electron chi connectivity index (χ2n) is 6.36. The monoisotopic (exact) mass is 290 g/mol. The molecule has 2 unspecified atom stereocenters. The molecule has 112 valence electrons. The van der Waals surface area contributed by atoms with E-state index in [2.05, 4.69) is 72.8 Å². The van der Waals surface area contributed by atoms with Crippen LogP contribution in [0, 0.1) is 5.92 Å². The normalized spacial score (nSPS) is 26.4. The Bertz CT molecular complexity index is 605. The Morgan fingerprint density at radius 2 is 1.27 bits per heavy atom. The summed E-state index contributed by atoms with van der Waals surface area (Å²) < 4.78 is 6.60. The van der Waals surface area contributed by atoms with E-state index in [9.17, 15) is 0 Å². The van der Waals surface area contributed by atoms with E-state index >= 15 is 0 Å². The fourth-order valence-electron chi connectivity index (χ4n) is 4.12. The molecular formula is C21H22O. The van der Waals surface area contributed by atoms with Gasteiger partial charge in [-0.1, -0.05) is 72.8 Å². The van der Waals surface area contributed by atoms with Crippen molar-refractivity contribution in [2.24, 2.45) is 5.92 Å². The number of ether oxygens (including phenoxy) is 1. The fourth-order valence-corrected chi connectivity index (χ4v) is 4.12. The lowest BCUT2D eigenvalue weighted by Crippen LogP contribution is -2.58. The maximum absolute atomic E-state index is 6.60. The number of benzene rings is 2. The average molecular weight is 290 g/mol. The summed E-state index contributed by atoms with van der Waals surface area (Å²) in [5.41, 5.74) is 2.34. The maximum Gasteiger partial charge on any atom is 0.124 e. The Balaban J connectivity index is 1.79. The van der Waals surface area contributed by atoms with Gasteiger partial charge in [0.15, 0.2) is 0 Å². The van der Waals surface area contributed by atoms with E-state index in [-0.39, 0.29) is 5.60 Å². The van der Waals surface area contributed by atoms with Crippen LogP contribution >= 0.6 is 0 Å². The maximum atomic E-state index is 6.60. The molecule has 0 N–H and O–H groups in total. The Morgan fingerprint density at radius 3 is 1.86 bits per heavy atom. The molecule has 2 aromatic rings. The van der Waals surface area contributed by atoms with Crippen LogP contribution in [0.25, 0.3) is 0 Å². The molecule has 0 radical (unpaired) electrons. The van der Waals surface area contributed by atoms with Gasteiger partial charge in [0.05, 0.1) is 6.10 Å². The summed E-state index contributed by atoms with van der Waals surface area (Å²) in [5.74, 6) is 0.572. The minimum atomic E-state index is -0.252. The first-order valence-corrected chi connectivity index (χ1v) is 8.35. The molecule has 0 aromatic heterocycles. The molecular weight excluding hydrogens is 268 g/mol. The highest BCUT2D eigenvalue weighted by atomic mass is 16.5. The highest BCUT2D eigenvalue weighted by Gasteiger charge is 2.56. The predicted molar refractivity (Wildman–Crippen MR) is 89.6 cm³/mol. The van der Waals surface area contributed by atoms with Crippen LogP contribution in [-0.2, 0) is 10.3 Å². The highest BCUT2D eigenvalue weighted by Crippen LogP contribution is 2.55. The van der Waals surface area contributed by atoms with Gasteiger partial charge >= 0.3 is 0 Å². The highest BCUT2D eigenvalue weighted by molar-refractivity contribution is 5.40. The molecule has 4 rings (SSSR count). The van der Waals surface area contributed by atoms with Crippen molar-refractivity contribution in [3.05, 3.63) is 83.9 Å². The van der Waals surface area contributed by atoms with Crippen molar-refractivity contribution in [3.8, 4) is 0 Å². The number of rotatable bonds is 2. The van der Waals surface area contributed by atoms with Crippen LogP contribution in [0.1, 0.15) is 36.8 Å². The summed E-state index contributed by atoms with van der Waals surface area (Å²) in [4.78, 5) is 0. The number of hydrogen-bond donors (Lipinski definition) is 0. The third kappa shape index (κ3) is 2.12. The fraction of sp³-hybridized carbons (Fsp3) is 0.333. The molecule has 0 bridgehead atoms. The first kappa shape index (κ1) is 13.8. The van der Waals surface area contributed by atoms with E-state index in [1.807, 2.05) is 0 Å². The molecule has 2 aromatic carbocycles. The van der Waals surface area contributed by atoms with Crippen LogP contribution in [0.3, 0.4) is 0 Å². The first-order valence-electron chi connectivity index (χ1n) is 8.35. The second-order valence-corrected chi connectivity index (χ2v) is 6.36. The van der Waals surface area contributed by atoms with Gasteiger partial charge in [-0.2, -0.15) is 0 Å². The Hall–Kier alpha value is -1.86. The second kappa shape index (κ2) is 5.73. The number of allylic oxidation sites excluding steroid dienone is 2. The van der Waals surface area contributed by atoms with Gasteiger partial charge in [0.25, 0.3) is 0 Å². The van der Waals surface area contributed by atoms with Gasteiger partial charge in [-0.05, 0) is 36.8 Å². The van der Waals surface area contributed by atoms with Gasteiger partial charge in [-0.15, -0.1) is 0 Å². The topological polar surface area (TPSA) is 9.23 Å². The van der Waals surface area contributed by atoms with Crippen LogP contribution < -0.4 is 0 Å². The summed E-state index contributed by atoms with van der Waals surface area (Å²) in [6.45, 7) is 0. The van der Waals surface area contributed by atoms with E-state index in [1.165, 1.54) is 17.5 Å². The summed E-state index contributed by atoms with van der Waals surface area (Å²) in [5, 5.41) is 0. The Morgan fingerprint density at radius 1 is 0.727 bits per heavy atom. The molecule has 1 heteroatoms. The largest absolute Gasteiger partial charge is 0.361 e.